The van der Waals surface area contributed by atoms with Gasteiger partial charge in [-0.05, 0) is 6.92 Å². The topological polar surface area (TPSA) is 303 Å². The Morgan fingerprint density at radius 1 is 1.00 bits per heavy atom. The maximum absolute atomic E-state index is 12.9. The van der Waals surface area contributed by atoms with Crippen molar-refractivity contribution in [2.75, 3.05) is 24.7 Å². The van der Waals surface area contributed by atoms with E-state index in [0.717, 1.165) is 10.9 Å². The summed E-state index contributed by atoms with van der Waals surface area (Å²) in [6.07, 6.45) is -7.68. The lowest BCUT2D eigenvalue weighted by atomic mass is 10.1. The molecule has 2 fully saturated rings. The molecule has 4 aromatic rings. The van der Waals surface area contributed by atoms with E-state index in [4.69, 9.17) is 34.7 Å². The van der Waals surface area contributed by atoms with Crippen molar-refractivity contribution in [1.82, 2.24) is 39.0 Å². The summed E-state index contributed by atoms with van der Waals surface area (Å²) in [7, 11) is -5.02. The number of imidazole rings is 2. The molecule has 43 heavy (non-hydrogen) atoms. The highest BCUT2D eigenvalue weighted by molar-refractivity contribution is 7.47. The first-order valence-corrected chi connectivity index (χ1v) is 14.3. The number of nitrogens with two attached hydrogens (primary N) is 2. The molecule has 9 atom stereocenters. The molecule has 0 saturated carbocycles. The van der Waals surface area contributed by atoms with Gasteiger partial charge in [0.1, 0.15) is 36.3 Å². The predicted octanol–water partition coefficient (Wildman–Crippen LogP) is -2.50. The quantitative estimate of drug-likeness (QED) is 0.0944. The van der Waals surface area contributed by atoms with Crippen LogP contribution in [0.1, 0.15) is 19.4 Å². The number of H-pyrrole nitrogens is 1. The summed E-state index contributed by atoms with van der Waals surface area (Å²) < 4.78 is 42.5. The molecular formula is C21H27N10O11P. The molecular weight excluding hydrogens is 599 g/mol. The molecule has 232 valence electrons. The monoisotopic (exact) mass is 626 g/mol. The summed E-state index contributed by atoms with van der Waals surface area (Å²) in [5.41, 5.74) is 11.1. The Bertz CT molecular complexity index is 1750. The summed E-state index contributed by atoms with van der Waals surface area (Å²) in [6, 6.07) is 0. The number of hydrogen-bond acceptors (Lipinski definition) is 17. The van der Waals surface area contributed by atoms with Gasteiger partial charge in [-0.1, -0.05) is 0 Å². The van der Waals surface area contributed by atoms with Gasteiger partial charge in [0.15, 0.2) is 47.5 Å². The number of hydrogen-bond donors (Lipinski definition) is 7. The number of aliphatic hydroxyl groups excluding tert-OH is 3. The van der Waals surface area contributed by atoms with Crippen LogP contribution in [0.4, 0.5) is 11.8 Å². The molecule has 21 nitrogen and oxygen atoms in total. The Morgan fingerprint density at radius 2 is 1.67 bits per heavy atom. The summed E-state index contributed by atoms with van der Waals surface area (Å²) >= 11 is 0. The van der Waals surface area contributed by atoms with Crippen molar-refractivity contribution in [3.8, 4) is 0 Å². The minimum absolute atomic E-state index is 0.0742. The average molecular weight is 626 g/mol. The Labute approximate surface area is 239 Å². The molecule has 0 aliphatic carbocycles. The highest BCUT2D eigenvalue weighted by Gasteiger charge is 2.50. The molecule has 2 saturated heterocycles. The number of phosphoric ester groups is 1. The number of aromatic nitrogens is 8. The number of phosphoric acid groups is 1. The van der Waals surface area contributed by atoms with E-state index in [1.807, 2.05) is 0 Å². The molecule has 9 unspecified atom stereocenters. The van der Waals surface area contributed by atoms with Crippen molar-refractivity contribution < 1.29 is 48.0 Å². The smallest absolute Gasteiger partial charge is 0.386 e. The Kier molecular flexibility index (Phi) is 7.62. The maximum atomic E-state index is 12.9. The molecule has 6 rings (SSSR count). The summed E-state index contributed by atoms with van der Waals surface area (Å²) in [5.74, 6) is -0.118. The van der Waals surface area contributed by atoms with Gasteiger partial charge in [0, 0.05) is 6.61 Å². The Morgan fingerprint density at radius 3 is 2.42 bits per heavy atom. The van der Waals surface area contributed by atoms with Crippen LogP contribution in [-0.4, -0.2) is 109 Å². The van der Waals surface area contributed by atoms with Crippen LogP contribution in [0.15, 0.2) is 23.8 Å². The molecule has 0 aromatic carbocycles. The van der Waals surface area contributed by atoms with E-state index < -0.39 is 69.3 Å². The largest absolute Gasteiger partial charge is 0.472 e. The van der Waals surface area contributed by atoms with Crippen molar-refractivity contribution in [2.24, 2.45) is 0 Å². The van der Waals surface area contributed by atoms with Crippen LogP contribution in [0.25, 0.3) is 22.3 Å². The summed E-state index contributed by atoms with van der Waals surface area (Å²) in [4.78, 5) is 44.9. The van der Waals surface area contributed by atoms with Gasteiger partial charge in [-0.15, -0.1) is 0 Å². The minimum Gasteiger partial charge on any atom is -0.386 e. The number of ether oxygens (including phenoxy) is 3. The number of fused-ring (bicyclic) bond motifs is 2. The number of nitrogens with zero attached hydrogens (tertiary/aromatic N) is 7. The second kappa shape index (κ2) is 11.1. The van der Waals surface area contributed by atoms with Crippen molar-refractivity contribution in [2.45, 2.75) is 56.2 Å². The van der Waals surface area contributed by atoms with E-state index in [0.29, 0.717) is 0 Å². The van der Waals surface area contributed by atoms with Gasteiger partial charge in [-0.2, -0.15) is 4.98 Å². The standard InChI is InChI=1S/C21H27N10O11P/c1-2-38-12-7(40-18(10(12)32)30-5-26-8-14(22)24-4-25-15(8)30)3-39-43(36,37)42-13-11(33)19(41-20(13)35)31-6-27-9-16(31)28-21(23)29-17(9)34/h4-7,10-13,18-20,32-33,35H,2-3H2,1H3,(H,36,37)(H2,22,24,25)(H3,23,28,29,34). The third-order valence-electron chi connectivity index (χ3n) is 6.90. The third kappa shape index (κ3) is 5.25. The van der Waals surface area contributed by atoms with Crippen LogP contribution in [0.5, 0.6) is 0 Å². The fraction of sp³-hybridized carbons (Fsp3) is 0.524. The zero-order valence-corrected chi connectivity index (χ0v) is 23.0. The first-order valence-electron chi connectivity index (χ1n) is 12.8. The lowest BCUT2D eigenvalue weighted by Crippen LogP contribution is -2.37. The van der Waals surface area contributed by atoms with E-state index >= 15 is 0 Å². The van der Waals surface area contributed by atoms with E-state index in [9.17, 15) is 29.6 Å². The SMILES string of the molecule is CCOC1C(COP(=O)(O)OC2C(O)OC(n3cnc4c(=O)[nH]c(N)nc43)C2O)OC(n2cnc3c(N)ncnc32)C1O. The van der Waals surface area contributed by atoms with Gasteiger partial charge in [-0.3, -0.25) is 28.0 Å². The predicted molar refractivity (Wildman–Crippen MR) is 140 cm³/mol. The molecule has 4 aromatic heterocycles. The third-order valence-corrected chi connectivity index (χ3v) is 7.89. The second-order valence-corrected chi connectivity index (χ2v) is 11.0. The van der Waals surface area contributed by atoms with Crippen molar-refractivity contribution in [1.29, 1.82) is 0 Å². The molecule has 6 heterocycles. The van der Waals surface area contributed by atoms with Gasteiger partial charge >= 0.3 is 7.82 Å². The average Bonchev–Trinajstić information content (AvgIpc) is 3.70. The fourth-order valence-corrected chi connectivity index (χ4v) is 5.93. The zero-order valence-electron chi connectivity index (χ0n) is 22.1. The van der Waals surface area contributed by atoms with E-state index in [1.54, 1.807) is 6.92 Å². The first kappa shape index (κ1) is 29.4. The van der Waals surface area contributed by atoms with Crippen LogP contribution in [0.2, 0.25) is 0 Å². The van der Waals surface area contributed by atoms with E-state index in [2.05, 4.69) is 29.9 Å². The molecule has 0 bridgehead atoms. The van der Waals surface area contributed by atoms with Crippen molar-refractivity contribution >= 4 is 41.9 Å². The minimum atomic E-state index is -5.02. The normalized spacial score (nSPS) is 30.8. The second-order valence-electron chi connectivity index (χ2n) is 9.58. The van der Waals surface area contributed by atoms with Crippen LogP contribution < -0.4 is 17.0 Å². The number of nitrogens with one attached hydrogen (secondary N) is 1. The number of anilines is 2. The van der Waals surface area contributed by atoms with Gasteiger partial charge in [0.2, 0.25) is 5.95 Å². The molecule has 0 spiro atoms. The molecule has 9 N–H and O–H groups in total. The Balaban J connectivity index is 1.15. The van der Waals surface area contributed by atoms with Crippen LogP contribution in [-0.2, 0) is 27.8 Å². The highest BCUT2D eigenvalue weighted by atomic mass is 31.2. The number of aliphatic hydroxyl groups is 3. The van der Waals surface area contributed by atoms with Crippen LogP contribution >= 0.6 is 7.82 Å². The van der Waals surface area contributed by atoms with E-state index in [1.165, 1.54) is 17.2 Å². The van der Waals surface area contributed by atoms with Gasteiger partial charge < -0.3 is 45.9 Å². The first-order chi connectivity index (χ1) is 20.5. The molecule has 0 amide bonds. The Hall–Kier alpha value is -3.63. The van der Waals surface area contributed by atoms with Crippen LogP contribution in [0, 0.1) is 0 Å². The lowest BCUT2D eigenvalue weighted by Gasteiger charge is -2.23. The lowest BCUT2D eigenvalue weighted by molar-refractivity contribution is -0.140. The molecule has 2 aliphatic heterocycles. The van der Waals surface area contributed by atoms with Crippen LogP contribution in [0.3, 0.4) is 0 Å². The molecule has 2 aliphatic rings. The van der Waals surface area contributed by atoms with Crippen molar-refractivity contribution in [3.05, 3.63) is 29.3 Å². The summed E-state index contributed by atoms with van der Waals surface area (Å²) in [6.45, 7) is 1.23. The maximum Gasteiger partial charge on any atom is 0.472 e. The van der Waals surface area contributed by atoms with E-state index in [-0.39, 0.29) is 40.7 Å². The van der Waals surface area contributed by atoms with Gasteiger partial charge in [0.25, 0.3) is 5.56 Å². The van der Waals surface area contributed by atoms with Crippen molar-refractivity contribution in [3.63, 3.8) is 0 Å². The number of rotatable bonds is 9. The highest BCUT2D eigenvalue weighted by Crippen LogP contribution is 2.49. The fourth-order valence-electron chi connectivity index (χ4n) is 5.00. The van der Waals surface area contributed by atoms with Gasteiger partial charge in [-0.25, -0.2) is 24.5 Å². The molecule has 0 radical (unpaired) electrons. The summed E-state index contributed by atoms with van der Waals surface area (Å²) in [5, 5.41) is 32.2. The number of aromatic amines is 1. The zero-order chi connectivity index (χ0) is 30.6. The number of nitrogen functional groups attached to an aromatic ring is 2. The molecule has 22 heteroatoms. The van der Waals surface area contributed by atoms with Gasteiger partial charge in [0.05, 0.1) is 19.3 Å².